The van der Waals surface area contributed by atoms with E-state index in [9.17, 15) is 0 Å². The molecule has 1 aromatic rings. The topological polar surface area (TPSA) is 38.7 Å². The van der Waals surface area contributed by atoms with Crippen LogP contribution in [0.15, 0.2) is 30.3 Å². The molecule has 0 heterocycles. The van der Waals surface area contributed by atoms with Gasteiger partial charge in [-0.1, -0.05) is 30.3 Å². The molecular formula is C11H16O3. The van der Waals surface area contributed by atoms with Crippen molar-refractivity contribution in [3.05, 3.63) is 35.9 Å². The van der Waals surface area contributed by atoms with E-state index in [1.165, 1.54) is 0 Å². The lowest BCUT2D eigenvalue weighted by Crippen LogP contribution is -2.15. The number of aliphatic hydroxyl groups excluding tert-OH is 1. The SMILES string of the molecule is C[C@@H](CO)OCOCc1ccccc1. The molecule has 3 heteroatoms. The van der Waals surface area contributed by atoms with Gasteiger partial charge in [-0.2, -0.15) is 0 Å². The molecule has 0 aliphatic carbocycles. The van der Waals surface area contributed by atoms with Crippen LogP contribution in [0.5, 0.6) is 0 Å². The van der Waals surface area contributed by atoms with Gasteiger partial charge in [0.1, 0.15) is 6.79 Å². The Balaban J connectivity index is 2.10. The van der Waals surface area contributed by atoms with Crippen molar-refractivity contribution in [2.24, 2.45) is 0 Å². The summed E-state index contributed by atoms with van der Waals surface area (Å²) in [6.45, 7) is 2.58. The molecule has 0 unspecified atom stereocenters. The van der Waals surface area contributed by atoms with Gasteiger partial charge in [0.25, 0.3) is 0 Å². The number of hydrogen-bond donors (Lipinski definition) is 1. The van der Waals surface area contributed by atoms with Crippen LogP contribution in [0.2, 0.25) is 0 Å². The van der Waals surface area contributed by atoms with Crippen LogP contribution in [0.1, 0.15) is 12.5 Å². The van der Waals surface area contributed by atoms with Gasteiger partial charge in [0.05, 0.1) is 19.3 Å². The summed E-state index contributed by atoms with van der Waals surface area (Å²) in [6, 6.07) is 9.89. The molecule has 0 aromatic heterocycles. The number of aliphatic hydroxyl groups is 1. The molecule has 14 heavy (non-hydrogen) atoms. The minimum absolute atomic E-state index is 0.0225. The van der Waals surface area contributed by atoms with E-state index in [4.69, 9.17) is 14.6 Å². The Morgan fingerprint density at radius 1 is 1.29 bits per heavy atom. The van der Waals surface area contributed by atoms with E-state index in [-0.39, 0.29) is 19.5 Å². The molecular weight excluding hydrogens is 180 g/mol. The van der Waals surface area contributed by atoms with Crippen molar-refractivity contribution in [3.63, 3.8) is 0 Å². The summed E-state index contributed by atoms with van der Waals surface area (Å²) in [5.41, 5.74) is 1.12. The first-order valence-electron chi connectivity index (χ1n) is 4.67. The highest BCUT2D eigenvalue weighted by Gasteiger charge is 1.98. The van der Waals surface area contributed by atoms with Gasteiger partial charge in [-0.05, 0) is 12.5 Å². The lowest BCUT2D eigenvalue weighted by molar-refractivity contribution is -0.102. The van der Waals surface area contributed by atoms with Gasteiger partial charge in [-0.15, -0.1) is 0 Å². The third-order valence-corrected chi connectivity index (χ3v) is 1.80. The largest absolute Gasteiger partial charge is 0.394 e. The fourth-order valence-electron chi connectivity index (χ4n) is 0.951. The minimum atomic E-state index is -0.161. The fourth-order valence-corrected chi connectivity index (χ4v) is 0.951. The van der Waals surface area contributed by atoms with Crippen LogP contribution in [0.3, 0.4) is 0 Å². The van der Waals surface area contributed by atoms with Gasteiger partial charge in [-0.25, -0.2) is 0 Å². The summed E-state index contributed by atoms with van der Waals surface area (Å²) in [5, 5.41) is 8.67. The second-order valence-corrected chi connectivity index (χ2v) is 3.11. The molecule has 0 amide bonds. The minimum Gasteiger partial charge on any atom is -0.394 e. The molecule has 0 radical (unpaired) electrons. The molecule has 1 N–H and O–H groups in total. The average molecular weight is 196 g/mol. The highest BCUT2D eigenvalue weighted by molar-refractivity contribution is 5.13. The van der Waals surface area contributed by atoms with Crippen LogP contribution in [-0.4, -0.2) is 24.6 Å². The molecule has 1 rings (SSSR count). The van der Waals surface area contributed by atoms with Crippen molar-refractivity contribution in [2.75, 3.05) is 13.4 Å². The van der Waals surface area contributed by atoms with E-state index in [1.54, 1.807) is 6.92 Å². The number of ether oxygens (including phenoxy) is 2. The number of hydrogen-bond acceptors (Lipinski definition) is 3. The van der Waals surface area contributed by atoms with Gasteiger partial charge in [0, 0.05) is 0 Å². The molecule has 78 valence electrons. The van der Waals surface area contributed by atoms with Crippen molar-refractivity contribution in [1.82, 2.24) is 0 Å². The smallest absolute Gasteiger partial charge is 0.147 e. The van der Waals surface area contributed by atoms with Gasteiger partial charge >= 0.3 is 0 Å². The standard InChI is InChI=1S/C11H16O3/c1-10(7-12)14-9-13-8-11-5-3-2-4-6-11/h2-6,10,12H,7-9H2,1H3/t10-/m0/s1. The predicted molar refractivity (Wildman–Crippen MR) is 53.7 cm³/mol. The van der Waals surface area contributed by atoms with E-state index in [0.29, 0.717) is 6.61 Å². The lowest BCUT2D eigenvalue weighted by atomic mass is 10.2. The Morgan fingerprint density at radius 3 is 2.64 bits per heavy atom. The zero-order valence-electron chi connectivity index (χ0n) is 8.35. The maximum Gasteiger partial charge on any atom is 0.147 e. The fraction of sp³-hybridized carbons (Fsp3) is 0.455. The first-order valence-corrected chi connectivity index (χ1v) is 4.67. The maximum absolute atomic E-state index is 8.67. The van der Waals surface area contributed by atoms with Crippen LogP contribution in [-0.2, 0) is 16.1 Å². The first kappa shape index (κ1) is 11.2. The molecule has 1 atom stereocenters. The van der Waals surface area contributed by atoms with Crippen molar-refractivity contribution in [1.29, 1.82) is 0 Å². The van der Waals surface area contributed by atoms with Crippen LogP contribution in [0.25, 0.3) is 0 Å². The predicted octanol–water partition coefficient (Wildman–Crippen LogP) is 1.56. The summed E-state index contributed by atoms with van der Waals surface area (Å²) in [6.07, 6.45) is -0.161. The number of benzene rings is 1. The van der Waals surface area contributed by atoms with E-state index < -0.39 is 0 Å². The zero-order valence-corrected chi connectivity index (χ0v) is 8.35. The van der Waals surface area contributed by atoms with Gasteiger partial charge in [0.15, 0.2) is 0 Å². The highest BCUT2D eigenvalue weighted by Crippen LogP contribution is 2.00. The second-order valence-electron chi connectivity index (χ2n) is 3.11. The van der Waals surface area contributed by atoms with Crippen LogP contribution >= 0.6 is 0 Å². The Kier molecular flexibility index (Phi) is 5.22. The Morgan fingerprint density at radius 2 is 2.00 bits per heavy atom. The molecule has 0 spiro atoms. The average Bonchev–Trinajstić information content (AvgIpc) is 2.25. The van der Waals surface area contributed by atoms with Crippen molar-refractivity contribution in [2.45, 2.75) is 19.6 Å². The molecule has 0 saturated carbocycles. The van der Waals surface area contributed by atoms with Crippen molar-refractivity contribution in [3.8, 4) is 0 Å². The summed E-state index contributed by atoms with van der Waals surface area (Å²) < 4.78 is 10.4. The normalized spacial score (nSPS) is 12.7. The number of rotatable bonds is 6. The Labute approximate surface area is 84.3 Å². The monoisotopic (exact) mass is 196 g/mol. The Bertz CT molecular complexity index is 236. The molecule has 0 fully saturated rings. The third kappa shape index (κ3) is 4.37. The molecule has 0 aliphatic heterocycles. The van der Waals surface area contributed by atoms with E-state index in [1.807, 2.05) is 30.3 Å². The van der Waals surface area contributed by atoms with Crippen LogP contribution < -0.4 is 0 Å². The van der Waals surface area contributed by atoms with Crippen LogP contribution in [0.4, 0.5) is 0 Å². The maximum atomic E-state index is 8.67. The first-order chi connectivity index (χ1) is 6.83. The summed E-state index contributed by atoms with van der Waals surface area (Å²) >= 11 is 0. The molecule has 0 saturated heterocycles. The molecule has 0 bridgehead atoms. The quantitative estimate of drug-likeness (QED) is 0.554. The Hall–Kier alpha value is -0.900. The summed E-state index contributed by atoms with van der Waals surface area (Å²) in [4.78, 5) is 0. The van der Waals surface area contributed by atoms with E-state index >= 15 is 0 Å². The highest BCUT2D eigenvalue weighted by atomic mass is 16.7. The van der Waals surface area contributed by atoms with Gasteiger partial charge < -0.3 is 14.6 Å². The second kappa shape index (κ2) is 6.54. The molecule has 3 nitrogen and oxygen atoms in total. The molecule has 0 aliphatic rings. The van der Waals surface area contributed by atoms with Gasteiger partial charge in [0.2, 0.25) is 0 Å². The van der Waals surface area contributed by atoms with Crippen molar-refractivity contribution >= 4 is 0 Å². The van der Waals surface area contributed by atoms with Gasteiger partial charge in [-0.3, -0.25) is 0 Å². The zero-order chi connectivity index (χ0) is 10.2. The summed E-state index contributed by atoms with van der Waals surface area (Å²) in [5.74, 6) is 0. The van der Waals surface area contributed by atoms with E-state index in [2.05, 4.69) is 0 Å². The molecule has 1 aromatic carbocycles. The van der Waals surface area contributed by atoms with E-state index in [0.717, 1.165) is 5.56 Å². The third-order valence-electron chi connectivity index (χ3n) is 1.80. The summed E-state index contributed by atoms with van der Waals surface area (Å²) in [7, 11) is 0. The van der Waals surface area contributed by atoms with Crippen molar-refractivity contribution < 1.29 is 14.6 Å². The van der Waals surface area contributed by atoms with Crippen LogP contribution in [0, 0.1) is 0 Å². The lowest BCUT2D eigenvalue weighted by Gasteiger charge is -2.10.